The third-order valence-electron chi connectivity index (χ3n) is 4.63. The zero-order valence-corrected chi connectivity index (χ0v) is 13.8. The first-order valence-corrected chi connectivity index (χ1v) is 8.57. The third kappa shape index (κ3) is 5.35. The molecule has 0 bridgehead atoms. The number of ether oxygens (including phenoxy) is 2. The molecule has 0 spiro atoms. The monoisotopic (exact) mass is 290 g/mol. The largest absolute Gasteiger partial charge is 0.465 e. The Balaban J connectivity index is 1.80. The van der Waals surface area contributed by atoms with Gasteiger partial charge in [0, 0.05) is 0 Å². The molecule has 0 amide bonds. The molecule has 1 saturated carbocycles. The van der Waals surface area contributed by atoms with Gasteiger partial charge in [-0.3, -0.25) is 0 Å². The van der Waals surface area contributed by atoms with Gasteiger partial charge in [-0.1, -0.05) is 45.2 Å². The lowest BCUT2D eigenvalue weighted by atomic mass is 9.90. The number of hydrogen-bond donors (Lipinski definition) is 0. The average molecular weight is 290 g/mol. The molecule has 21 heavy (non-hydrogen) atoms. The standard InChI is InChI=1S/C19H30O2/c1-4-15(2)18-11-8-12-19(13-18)21-16(3)20-14-17-9-6-5-7-10-17/h8,11-13,15-17H,4-7,9-10,14H2,1-3H3. The van der Waals surface area contributed by atoms with Crippen molar-refractivity contribution in [3.05, 3.63) is 29.8 Å². The highest BCUT2D eigenvalue weighted by Crippen LogP contribution is 2.25. The van der Waals surface area contributed by atoms with Crippen molar-refractivity contribution in [2.75, 3.05) is 6.61 Å². The van der Waals surface area contributed by atoms with E-state index in [0.29, 0.717) is 5.92 Å². The van der Waals surface area contributed by atoms with E-state index in [0.717, 1.165) is 24.7 Å². The third-order valence-corrected chi connectivity index (χ3v) is 4.63. The summed E-state index contributed by atoms with van der Waals surface area (Å²) >= 11 is 0. The molecule has 2 atom stereocenters. The van der Waals surface area contributed by atoms with Crippen molar-refractivity contribution in [2.45, 2.75) is 71.5 Å². The number of hydrogen-bond acceptors (Lipinski definition) is 2. The fourth-order valence-electron chi connectivity index (χ4n) is 2.98. The molecule has 0 N–H and O–H groups in total. The highest BCUT2D eigenvalue weighted by atomic mass is 16.7. The zero-order valence-electron chi connectivity index (χ0n) is 13.8. The molecule has 2 nitrogen and oxygen atoms in total. The van der Waals surface area contributed by atoms with Gasteiger partial charge < -0.3 is 9.47 Å². The van der Waals surface area contributed by atoms with Crippen LogP contribution in [0.1, 0.15) is 70.8 Å². The molecule has 0 aliphatic heterocycles. The van der Waals surface area contributed by atoms with E-state index in [9.17, 15) is 0 Å². The number of rotatable bonds is 7. The normalized spacial score (nSPS) is 19.2. The Labute approximate surface area is 129 Å². The molecule has 118 valence electrons. The molecule has 2 heteroatoms. The Kier molecular flexibility index (Phi) is 6.56. The van der Waals surface area contributed by atoms with Crippen molar-refractivity contribution in [1.82, 2.24) is 0 Å². The molecule has 0 radical (unpaired) electrons. The summed E-state index contributed by atoms with van der Waals surface area (Å²) in [6.45, 7) is 7.31. The fraction of sp³-hybridized carbons (Fsp3) is 0.684. The average Bonchev–Trinajstić information content (AvgIpc) is 2.53. The Morgan fingerprint density at radius 3 is 2.62 bits per heavy atom. The maximum Gasteiger partial charge on any atom is 0.196 e. The van der Waals surface area contributed by atoms with Gasteiger partial charge in [0.15, 0.2) is 6.29 Å². The lowest BCUT2D eigenvalue weighted by molar-refractivity contribution is -0.0820. The first-order chi connectivity index (χ1) is 10.2. The molecular weight excluding hydrogens is 260 g/mol. The van der Waals surface area contributed by atoms with Crippen LogP contribution in [0.2, 0.25) is 0 Å². The van der Waals surface area contributed by atoms with Gasteiger partial charge >= 0.3 is 0 Å². The van der Waals surface area contributed by atoms with Crippen molar-refractivity contribution in [3.8, 4) is 5.75 Å². The van der Waals surface area contributed by atoms with Gasteiger partial charge in [-0.05, 0) is 55.7 Å². The topological polar surface area (TPSA) is 18.5 Å². The Morgan fingerprint density at radius 1 is 1.14 bits per heavy atom. The highest BCUT2D eigenvalue weighted by molar-refractivity contribution is 5.30. The smallest absolute Gasteiger partial charge is 0.196 e. The summed E-state index contributed by atoms with van der Waals surface area (Å²) in [6.07, 6.45) is 7.73. The first-order valence-electron chi connectivity index (χ1n) is 8.57. The van der Waals surface area contributed by atoms with E-state index in [2.05, 4.69) is 32.0 Å². The minimum absolute atomic E-state index is 0.167. The van der Waals surface area contributed by atoms with Crippen LogP contribution in [0.25, 0.3) is 0 Å². The van der Waals surface area contributed by atoms with Crippen molar-refractivity contribution in [1.29, 1.82) is 0 Å². The zero-order chi connectivity index (χ0) is 15.1. The predicted molar refractivity (Wildman–Crippen MR) is 87.8 cm³/mol. The van der Waals surface area contributed by atoms with E-state index < -0.39 is 0 Å². The minimum atomic E-state index is -0.167. The van der Waals surface area contributed by atoms with E-state index in [1.54, 1.807) is 0 Å². The van der Waals surface area contributed by atoms with Gasteiger partial charge in [-0.15, -0.1) is 0 Å². The van der Waals surface area contributed by atoms with Crippen molar-refractivity contribution in [3.63, 3.8) is 0 Å². The van der Waals surface area contributed by atoms with Crippen LogP contribution in [0.4, 0.5) is 0 Å². The summed E-state index contributed by atoms with van der Waals surface area (Å²) in [6, 6.07) is 8.42. The van der Waals surface area contributed by atoms with E-state index in [1.165, 1.54) is 37.7 Å². The maximum absolute atomic E-state index is 5.92. The summed E-state index contributed by atoms with van der Waals surface area (Å²) in [5.74, 6) is 2.23. The van der Waals surface area contributed by atoms with Crippen molar-refractivity contribution >= 4 is 0 Å². The molecular formula is C19H30O2. The molecule has 2 unspecified atom stereocenters. The molecule has 2 rings (SSSR count). The van der Waals surface area contributed by atoms with Crippen LogP contribution in [0.3, 0.4) is 0 Å². The Hall–Kier alpha value is -1.02. The van der Waals surface area contributed by atoms with Crippen LogP contribution < -0.4 is 4.74 Å². The summed E-state index contributed by atoms with van der Waals surface area (Å²) in [5, 5.41) is 0. The first kappa shape index (κ1) is 16.4. The molecule has 1 aliphatic carbocycles. The van der Waals surface area contributed by atoms with Crippen LogP contribution in [0, 0.1) is 5.92 Å². The van der Waals surface area contributed by atoms with Crippen LogP contribution >= 0.6 is 0 Å². The Morgan fingerprint density at radius 2 is 1.90 bits per heavy atom. The molecule has 1 aromatic carbocycles. The SMILES string of the molecule is CCC(C)c1cccc(OC(C)OCC2CCCCC2)c1. The van der Waals surface area contributed by atoms with Gasteiger partial charge in [-0.2, -0.15) is 0 Å². The lowest BCUT2D eigenvalue weighted by Gasteiger charge is -2.24. The maximum atomic E-state index is 5.92. The van der Waals surface area contributed by atoms with E-state index in [1.807, 2.05) is 13.0 Å². The van der Waals surface area contributed by atoms with E-state index in [-0.39, 0.29) is 6.29 Å². The molecule has 0 heterocycles. The van der Waals surface area contributed by atoms with Gasteiger partial charge in [0.1, 0.15) is 5.75 Å². The minimum Gasteiger partial charge on any atom is -0.465 e. The second kappa shape index (κ2) is 8.43. The van der Waals surface area contributed by atoms with Gasteiger partial charge in [-0.25, -0.2) is 0 Å². The lowest BCUT2D eigenvalue weighted by Crippen LogP contribution is -2.22. The van der Waals surface area contributed by atoms with Crippen LogP contribution in [-0.4, -0.2) is 12.9 Å². The fourth-order valence-corrected chi connectivity index (χ4v) is 2.98. The van der Waals surface area contributed by atoms with Gasteiger partial charge in [0.2, 0.25) is 0 Å². The summed E-state index contributed by atoms with van der Waals surface area (Å²) in [7, 11) is 0. The number of benzene rings is 1. The second-order valence-electron chi connectivity index (χ2n) is 6.40. The van der Waals surface area contributed by atoms with Crippen molar-refractivity contribution in [2.24, 2.45) is 5.92 Å². The molecule has 1 fully saturated rings. The van der Waals surface area contributed by atoms with Crippen molar-refractivity contribution < 1.29 is 9.47 Å². The van der Waals surface area contributed by atoms with E-state index in [4.69, 9.17) is 9.47 Å². The van der Waals surface area contributed by atoms with E-state index >= 15 is 0 Å². The Bertz CT molecular complexity index is 410. The predicted octanol–water partition coefficient (Wildman–Crippen LogP) is 5.52. The van der Waals surface area contributed by atoms with Gasteiger partial charge in [0.25, 0.3) is 0 Å². The molecule has 1 aliphatic rings. The highest BCUT2D eigenvalue weighted by Gasteiger charge is 2.15. The quantitative estimate of drug-likeness (QED) is 0.615. The van der Waals surface area contributed by atoms with Crippen LogP contribution in [0.15, 0.2) is 24.3 Å². The molecule has 0 aromatic heterocycles. The van der Waals surface area contributed by atoms with Crippen LogP contribution in [0.5, 0.6) is 5.75 Å². The molecule has 0 saturated heterocycles. The second-order valence-corrected chi connectivity index (χ2v) is 6.40. The molecule has 1 aromatic rings. The summed E-state index contributed by atoms with van der Waals surface area (Å²) in [4.78, 5) is 0. The summed E-state index contributed by atoms with van der Waals surface area (Å²) < 4.78 is 11.8. The van der Waals surface area contributed by atoms with Gasteiger partial charge in [0.05, 0.1) is 6.61 Å². The van der Waals surface area contributed by atoms with Crippen LogP contribution in [-0.2, 0) is 4.74 Å². The summed E-state index contributed by atoms with van der Waals surface area (Å²) in [5.41, 5.74) is 1.34.